The predicted molar refractivity (Wildman–Crippen MR) is 68.4 cm³/mol. The highest BCUT2D eigenvalue weighted by Crippen LogP contribution is 2.32. The maximum atomic E-state index is 10.1. The largest absolute Gasteiger partial charge is 0.386 e. The highest BCUT2D eigenvalue weighted by molar-refractivity contribution is 9.10. The molecule has 1 unspecified atom stereocenters. The lowest BCUT2D eigenvalue weighted by atomic mass is 10.3. The van der Waals surface area contributed by atoms with E-state index in [9.17, 15) is 5.11 Å². The van der Waals surface area contributed by atoms with Crippen molar-refractivity contribution in [2.75, 3.05) is 5.75 Å². The topological polar surface area (TPSA) is 50.9 Å². The van der Waals surface area contributed by atoms with Gasteiger partial charge in [0, 0.05) is 18.1 Å². The molecule has 0 bridgehead atoms. The fourth-order valence-corrected chi connectivity index (χ4v) is 3.92. The van der Waals surface area contributed by atoms with Gasteiger partial charge in [-0.15, -0.1) is 5.10 Å². The molecule has 0 spiro atoms. The number of aromatic nitrogens is 3. The minimum Gasteiger partial charge on any atom is -0.386 e. The predicted octanol–water partition coefficient (Wildman–Crippen LogP) is 2.29. The summed E-state index contributed by atoms with van der Waals surface area (Å²) in [7, 11) is 1.80. The maximum Gasteiger partial charge on any atom is 0.154 e. The Labute approximate surface area is 108 Å². The van der Waals surface area contributed by atoms with Crippen LogP contribution in [-0.4, -0.2) is 31.1 Å². The molecule has 1 aliphatic rings. The lowest BCUT2D eigenvalue weighted by Crippen LogP contribution is -2.10. The first-order valence-electron chi connectivity index (χ1n) is 5.53. The molecule has 1 atom stereocenters. The summed E-state index contributed by atoms with van der Waals surface area (Å²) in [6.07, 6.45) is 4.78. The molecule has 4 nitrogen and oxygen atoms in total. The summed E-state index contributed by atoms with van der Waals surface area (Å²) in [4.78, 5) is 0. The average Bonchev–Trinajstić information content (AvgIpc) is 2.86. The molecule has 1 aromatic rings. The summed E-state index contributed by atoms with van der Waals surface area (Å²) in [5.74, 6) is 0.727. The van der Waals surface area contributed by atoms with Crippen LogP contribution in [0.1, 0.15) is 37.5 Å². The van der Waals surface area contributed by atoms with Crippen molar-refractivity contribution in [3.8, 4) is 0 Å². The van der Waals surface area contributed by atoms with Gasteiger partial charge in [-0.05, 0) is 28.8 Å². The van der Waals surface area contributed by atoms with Gasteiger partial charge in [0.15, 0.2) is 4.60 Å². The van der Waals surface area contributed by atoms with E-state index in [2.05, 4.69) is 26.2 Å². The second-order valence-corrected chi connectivity index (χ2v) is 6.23. The second kappa shape index (κ2) is 5.51. The Morgan fingerprint density at radius 3 is 2.81 bits per heavy atom. The lowest BCUT2D eigenvalue weighted by Gasteiger charge is -2.13. The Morgan fingerprint density at radius 1 is 1.56 bits per heavy atom. The first-order valence-corrected chi connectivity index (χ1v) is 7.37. The molecule has 0 amide bonds. The third-order valence-electron chi connectivity index (χ3n) is 2.93. The average molecular weight is 306 g/mol. The molecule has 0 saturated heterocycles. The number of nitrogens with zero attached hydrogens (tertiary/aromatic N) is 3. The number of aryl methyl sites for hydroxylation is 1. The summed E-state index contributed by atoms with van der Waals surface area (Å²) in [5.41, 5.74) is 0.769. The SMILES string of the molecule is Cn1nnc(Br)c1C(O)CSC1CCCC1. The molecule has 16 heavy (non-hydrogen) atoms. The van der Waals surface area contributed by atoms with E-state index in [1.54, 1.807) is 11.7 Å². The Kier molecular flexibility index (Phi) is 4.27. The molecule has 0 radical (unpaired) electrons. The summed E-state index contributed by atoms with van der Waals surface area (Å²) in [6.45, 7) is 0. The molecule has 90 valence electrons. The number of thioether (sulfide) groups is 1. The molecule has 1 saturated carbocycles. The van der Waals surface area contributed by atoms with E-state index >= 15 is 0 Å². The monoisotopic (exact) mass is 305 g/mol. The van der Waals surface area contributed by atoms with E-state index < -0.39 is 6.10 Å². The molecule has 0 aliphatic heterocycles. The third-order valence-corrected chi connectivity index (χ3v) is 4.95. The van der Waals surface area contributed by atoms with Gasteiger partial charge in [0.1, 0.15) is 11.8 Å². The van der Waals surface area contributed by atoms with Gasteiger partial charge < -0.3 is 5.11 Å². The van der Waals surface area contributed by atoms with E-state index in [0.717, 1.165) is 16.7 Å². The van der Waals surface area contributed by atoms with Crippen molar-refractivity contribution in [2.45, 2.75) is 37.0 Å². The van der Waals surface area contributed by atoms with Crippen LogP contribution in [0, 0.1) is 0 Å². The van der Waals surface area contributed by atoms with Gasteiger partial charge in [-0.3, -0.25) is 0 Å². The second-order valence-electron chi connectivity index (χ2n) is 4.14. The smallest absolute Gasteiger partial charge is 0.154 e. The summed E-state index contributed by atoms with van der Waals surface area (Å²) in [6, 6.07) is 0. The molecule has 6 heteroatoms. The Balaban J connectivity index is 1.89. The summed E-state index contributed by atoms with van der Waals surface area (Å²) < 4.78 is 2.28. The highest BCUT2D eigenvalue weighted by Gasteiger charge is 2.21. The van der Waals surface area contributed by atoms with E-state index in [1.165, 1.54) is 25.7 Å². The van der Waals surface area contributed by atoms with Crippen molar-refractivity contribution < 1.29 is 5.11 Å². The van der Waals surface area contributed by atoms with Crippen LogP contribution in [-0.2, 0) is 7.05 Å². The molecule has 1 aromatic heterocycles. The molecule has 1 N–H and O–H groups in total. The number of aliphatic hydroxyl groups excluding tert-OH is 1. The van der Waals surface area contributed by atoms with Crippen molar-refractivity contribution in [1.29, 1.82) is 0 Å². The minimum atomic E-state index is -0.486. The number of hydrogen-bond acceptors (Lipinski definition) is 4. The van der Waals surface area contributed by atoms with Crippen LogP contribution >= 0.6 is 27.7 Å². The van der Waals surface area contributed by atoms with Gasteiger partial charge in [-0.25, -0.2) is 4.68 Å². The summed E-state index contributed by atoms with van der Waals surface area (Å²) in [5, 5.41) is 18.6. The van der Waals surface area contributed by atoms with Gasteiger partial charge >= 0.3 is 0 Å². The first-order chi connectivity index (χ1) is 7.68. The fraction of sp³-hybridized carbons (Fsp3) is 0.800. The summed E-state index contributed by atoms with van der Waals surface area (Å²) >= 11 is 5.18. The number of hydrogen-bond donors (Lipinski definition) is 1. The zero-order valence-corrected chi connectivity index (χ0v) is 11.7. The van der Waals surface area contributed by atoms with Crippen LogP contribution in [0.3, 0.4) is 0 Å². The molecular weight excluding hydrogens is 290 g/mol. The lowest BCUT2D eigenvalue weighted by molar-refractivity contribution is 0.193. The minimum absolute atomic E-state index is 0.486. The van der Waals surface area contributed by atoms with Crippen molar-refractivity contribution in [3.63, 3.8) is 0 Å². The van der Waals surface area contributed by atoms with Gasteiger partial charge in [0.25, 0.3) is 0 Å². The van der Waals surface area contributed by atoms with Crippen molar-refractivity contribution in [3.05, 3.63) is 10.3 Å². The number of aliphatic hydroxyl groups is 1. The molecule has 0 aromatic carbocycles. The zero-order chi connectivity index (χ0) is 11.5. The van der Waals surface area contributed by atoms with Gasteiger partial charge in [-0.2, -0.15) is 11.8 Å². The quantitative estimate of drug-likeness (QED) is 0.927. The third kappa shape index (κ3) is 2.78. The zero-order valence-electron chi connectivity index (χ0n) is 9.27. The van der Waals surface area contributed by atoms with Gasteiger partial charge in [0.2, 0.25) is 0 Å². The Morgan fingerprint density at radius 2 is 2.25 bits per heavy atom. The number of halogens is 1. The Bertz CT molecular complexity index is 332. The molecular formula is C10H16BrN3OS. The fourth-order valence-electron chi connectivity index (χ4n) is 2.05. The van der Waals surface area contributed by atoms with Crippen LogP contribution in [0.2, 0.25) is 0 Å². The molecule has 1 fully saturated rings. The van der Waals surface area contributed by atoms with Crippen molar-refractivity contribution in [1.82, 2.24) is 15.0 Å². The van der Waals surface area contributed by atoms with Crippen LogP contribution in [0.15, 0.2) is 4.60 Å². The first kappa shape index (κ1) is 12.4. The maximum absolute atomic E-state index is 10.1. The van der Waals surface area contributed by atoms with E-state index in [-0.39, 0.29) is 0 Å². The van der Waals surface area contributed by atoms with E-state index in [1.807, 2.05) is 11.8 Å². The van der Waals surface area contributed by atoms with Crippen molar-refractivity contribution >= 4 is 27.7 Å². The normalized spacial score (nSPS) is 19.2. The molecule has 1 heterocycles. The van der Waals surface area contributed by atoms with Crippen LogP contribution < -0.4 is 0 Å². The van der Waals surface area contributed by atoms with Crippen LogP contribution in [0.5, 0.6) is 0 Å². The van der Waals surface area contributed by atoms with Crippen molar-refractivity contribution in [2.24, 2.45) is 7.05 Å². The standard InChI is InChI=1S/C10H16BrN3OS/c1-14-9(10(11)12-13-14)8(15)6-16-7-4-2-3-5-7/h7-8,15H,2-6H2,1H3. The van der Waals surface area contributed by atoms with Gasteiger partial charge in [0.05, 0.1) is 0 Å². The molecule has 1 aliphatic carbocycles. The Hall–Kier alpha value is -0.0700. The van der Waals surface area contributed by atoms with E-state index in [4.69, 9.17) is 0 Å². The highest BCUT2D eigenvalue weighted by atomic mass is 79.9. The number of rotatable bonds is 4. The van der Waals surface area contributed by atoms with Gasteiger partial charge in [-0.1, -0.05) is 18.1 Å². The van der Waals surface area contributed by atoms with Crippen LogP contribution in [0.4, 0.5) is 0 Å². The van der Waals surface area contributed by atoms with Crippen LogP contribution in [0.25, 0.3) is 0 Å². The molecule has 2 rings (SSSR count). The van der Waals surface area contributed by atoms with E-state index in [0.29, 0.717) is 4.60 Å².